The predicted octanol–water partition coefficient (Wildman–Crippen LogP) is 9.87. The molecule has 0 amide bonds. The number of hydrogen-bond donors (Lipinski definition) is 1. The molecule has 0 aliphatic carbocycles. The van der Waals surface area contributed by atoms with E-state index >= 15 is 0 Å². The lowest BCUT2D eigenvalue weighted by Crippen LogP contribution is -2.73. The zero-order valence-corrected chi connectivity index (χ0v) is 32.1. The van der Waals surface area contributed by atoms with Crippen LogP contribution in [0.5, 0.6) is 0 Å². The average Bonchev–Trinajstić information content (AvgIpc) is 3.15. The van der Waals surface area contributed by atoms with E-state index in [4.69, 9.17) is 0 Å². The van der Waals surface area contributed by atoms with Crippen molar-refractivity contribution in [1.29, 1.82) is 0 Å². The summed E-state index contributed by atoms with van der Waals surface area (Å²) in [7, 11) is 12.2. The number of aromatic nitrogens is 1. The summed E-state index contributed by atoms with van der Waals surface area (Å²) < 4.78 is 2.18. The molecule has 0 bridgehead atoms. The van der Waals surface area contributed by atoms with Gasteiger partial charge in [0.05, 0.1) is 35.1 Å². The molecule has 0 unspecified atom stereocenters. The van der Waals surface area contributed by atoms with Crippen molar-refractivity contribution in [3.8, 4) is 0 Å². The molecule has 0 aliphatic heterocycles. The van der Waals surface area contributed by atoms with Crippen LogP contribution in [-0.4, -0.2) is 45.7 Å². The third-order valence-electron chi connectivity index (χ3n) is 8.58. The number of nitrogens with two attached hydrogens (primary N) is 1. The highest BCUT2D eigenvalue weighted by Gasteiger charge is 2.13. The predicted molar refractivity (Wildman–Crippen MR) is 220 cm³/mol. The zero-order valence-electron chi connectivity index (χ0n) is 30.5. The lowest BCUT2D eigenvalue weighted by molar-refractivity contribution is -0.651. The number of hydrogen-bond acceptors (Lipinski definition) is 8. The molecule has 2 N–H and O–H groups in total. The van der Waals surface area contributed by atoms with E-state index in [1.165, 1.54) is 5.69 Å². The van der Waals surface area contributed by atoms with Gasteiger partial charge in [0.25, 0.3) is 0 Å². The van der Waals surface area contributed by atoms with Gasteiger partial charge in [-0.1, -0.05) is 58.0 Å². The van der Waals surface area contributed by atoms with Crippen molar-refractivity contribution in [2.24, 2.45) is 27.5 Å². The third-order valence-corrected chi connectivity index (χ3v) is 10.9. The van der Waals surface area contributed by atoms with Crippen molar-refractivity contribution in [2.75, 3.05) is 55.5 Å². The van der Waals surface area contributed by atoms with Crippen LogP contribution >= 0.6 is 21.6 Å². The summed E-state index contributed by atoms with van der Waals surface area (Å²) >= 11 is 0. The molecule has 0 aliphatic rings. The maximum atomic E-state index is 4.61. The Labute approximate surface area is 310 Å². The van der Waals surface area contributed by atoms with Gasteiger partial charge in [-0.15, -0.1) is 10.2 Å². The van der Waals surface area contributed by atoms with Gasteiger partial charge in [-0.05, 0) is 79.7 Å². The van der Waals surface area contributed by atoms with E-state index in [1.807, 2.05) is 84.1 Å². The molecule has 0 saturated carbocycles. The summed E-state index contributed by atoms with van der Waals surface area (Å²) in [5.74, 6) is 2.07. The monoisotopic (exact) mass is 716 g/mol. The molecule has 0 spiro atoms. The summed E-state index contributed by atoms with van der Waals surface area (Å²) in [4.78, 5) is 4.56. The SMILES string of the molecule is C=C(C)/C=C(/N=Nc1ccc(N(C)CCSSCCN(C)c2ccc(N=Nc3cc(C)[n+](C)c4ccccc34)cc2)cc1)c1ccccc1[NH2+]C. The number of quaternary nitrogens is 1. The molecule has 5 aromatic rings. The summed E-state index contributed by atoms with van der Waals surface area (Å²) in [5, 5.41) is 21.5. The molecule has 0 radical (unpaired) electrons. The van der Waals surface area contributed by atoms with Crippen molar-refractivity contribution in [1.82, 2.24) is 0 Å². The highest BCUT2D eigenvalue weighted by atomic mass is 33.1. The second kappa shape index (κ2) is 18.5. The fourth-order valence-corrected chi connectivity index (χ4v) is 7.59. The first-order valence-corrected chi connectivity index (χ1v) is 19.6. The number of allylic oxidation sites excluding steroid dienone is 2. The second-order valence-electron chi connectivity index (χ2n) is 12.4. The molecule has 5 rings (SSSR count). The molecule has 51 heavy (non-hydrogen) atoms. The lowest BCUT2D eigenvalue weighted by atomic mass is 10.1. The number of nitrogens with zero attached hydrogens (tertiary/aromatic N) is 7. The van der Waals surface area contributed by atoms with Crippen molar-refractivity contribution in [3.05, 3.63) is 133 Å². The van der Waals surface area contributed by atoms with E-state index in [2.05, 4.69) is 135 Å². The maximum absolute atomic E-state index is 4.61. The van der Waals surface area contributed by atoms with E-state index in [-0.39, 0.29) is 0 Å². The first-order valence-electron chi connectivity index (χ1n) is 17.1. The number of fused-ring (bicyclic) bond motifs is 1. The van der Waals surface area contributed by atoms with Gasteiger partial charge in [0, 0.05) is 69.1 Å². The first-order chi connectivity index (χ1) is 24.7. The van der Waals surface area contributed by atoms with E-state index in [1.54, 1.807) is 0 Å². The Morgan fingerprint density at radius 1 is 0.784 bits per heavy atom. The minimum absolute atomic E-state index is 0.802. The molecule has 0 atom stereocenters. The van der Waals surface area contributed by atoms with Crippen LogP contribution in [0.25, 0.3) is 16.6 Å². The van der Waals surface area contributed by atoms with Gasteiger partial charge in [0.1, 0.15) is 18.4 Å². The zero-order chi connectivity index (χ0) is 36.2. The van der Waals surface area contributed by atoms with Crippen LogP contribution in [0.2, 0.25) is 0 Å². The first kappa shape index (κ1) is 37.5. The van der Waals surface area contributed by atoms with E-state index in [9.17, 15) is 0 Å². The van der Waals surface area contributed by atoms with Gasteiger partial charge in [0.2, 0.25) is 5.52 Å². The van der Waals surface area contributed by atoms with Crippen LogP contribution in [0, 0.1) is 6.92 Å². The molecule has 4 aromatic carbocycles. The Balaban J connectivity index is 1.04. The van der Waals surface area contributed by atoms with Crippen molar-refractivity contribution >= 4 is 72.3 Å². The molecule has 1 heterocycles. The molecule has 0 saturated heterocycles. The fraction of sp³-hybridized carbons (Fsp3) is 0.244. The fourth-order valence-electron chi connectivity index (χ4n) is 5.50. The quantitative estimate of drug-likeness (QED) is 0.0276. The average molecular weight is 717 g/mol. The van der Waals surface area contributed by atoms with Gasteiger partial charge in [-0.2, -0.15) is 14.8 Å². The van der Waals surface area contributed by atoms with Gasteiger partial charge < -0.3 is 15.1 Å². The molecule has 0 fully saturated rings. The smallest absolute Gasteiger partial charge is 0.214 e. The number of rotatable bonds is 16. The van der Waals surface area contributed by atoms with Crippen LogP contribution in [0.1, 0.15) is 18.2 Å². The largest absolute Gasteiger partial charge is 0.374 e. The van der Waals surface area contributed by atoms with Crippen LogP contribution in [0.3, 0.4) is 0 Å². The lowest BCUT2D eigenvalue weighted by Gasteiger charge is -2.20. The number of anilines is 2. The third kappa shape index (κ3) is 10.4. The number of azo groups is 2. The molecule has 262 valence electrons. The maximum Gasteiger partial charge on any atom is 0.214 e. The number of aryl methyl sites for hydroxylation is 2. The van der Waals surface area contributed by atoms with Gasteiger partial charge in [-0.3, -0.25) is 0 Å². The van der Waals surface area contributed by atoms with E-state index in [0.29, 0.717) is 0 Å². The number of pyridine rings is 1. The van der Waals surface area contributed by atoms with Gasteiger partial charge in [-0.25, -0.2) is 0 Å². The van der Waals surface area contributed by atoms with Crippen LogP contribution in [0.4, 0.5) is 34.1 Å². The van der Waals surface area contributed by atoms with Crippen molar-refractivity contribution in [2.45, 2.75) is 13.8 Å². The van der Waals surface area contributed by atoms with E-state index < -0.39 is 0 Å². The standard InChI is InChI=1S/C41H47N8S2/c1-30(2)28-39(36-12-8-10-14-38(36)42-4)45-43-32-16-20-34(21-17-32)47(5)24-26-50-51-27-25-48(6)35-22-18-33(19-23-35)44-46-40-29-31(3)49(7)41-15-11-9-13-37(40)41/h8-23,28-29,42H,1,24-27H2,2-7H3/q+1/p+1/b39-28+,45-43?. The highest BCUT2D eigenvalue weighted by Crippen LogP contribution is 2.29. The second-order valence-corrected chi connectivity index (χ2v) is 15.1. The van der Waals surface area contributed by atoms with Crippen molar-refractivity contribution in [3.63, 3.8) is 0 Å². The summed E-state index contributed by atoms with van der Waals surface area (Å²) in [5.41, 5.74) is 11.1. The van der Waals surface area contributed by atoms with Crippen molar-refractivity contribution < 1.29 is 9.88 Å². The normalized spacial score (nSPS) is 11.9. The van der Waals surface area contributed by atoms with Gasteiger partial charge in [0.15, 0.2) is 5.69 Å². The molecular weight excluding hydrogens is 669 g/mol. The van der Waals surface area contributed by atoms with Crippen LogP contribution < -0.4 is 19.7 Å². The Bertz CT molecular complexity index is 2020. The Kier molecular flexibility index (Phi) is 13.6. The molecule has 1 aromatic heterocycles. The summed E-state index contributed by atoms with van der Waals surface area (Å²) in [6, 6.07) is 35.1. The van der Waals surface area contributed by atoms with Gasteiger partial charge >= 0.3 is 0 Å². The Hall–Kier alpha value is -4.77. The van der Waals surface area contributed by atoms with Crippen LogP contribution in [0.15, 0.2) is 142 Å². The summed E-state index contributed by atoms with van der Waals surface area (Å²) in [6.45, 7) is 10.0. The van der Waals surface area contributed by atoms with Crippen LogP contribution in [-0.2, 0) is 7.05 Å². The molecular formula is C41H48N8S2+2. The Morgan fingerprint density at radius 2 is 1.35 bits per heavy atom. The van der Waals surface area contributed by atoms with E-state index in [0.717, 1.165) is 86.5 Å². The summed E-state index contributed by atoms with van der Waals surface area (Å²) in [6.07, 6.45) is 1.97. The molecule has 8 nitrogen and oxygen atoms in total. The minimum Gasteiger partial charge on any atom is -0.374 e. The minimum atomic E-state index is 0.802. The highest BCUT2D eigenvalue weighted by molar-refractivity contribution is 8.76. The Morgan fingerprint density at radius 3 is 1.96 bits per heavy atom. The topological polar surface area (TPSA) is 76.4 Å². The number of benzene rings is 4. The molecule has 10 heteroatoms. The number of para-hydroxylation sites is 2.